The lowest BCUT2D eigenvalue weighted by molar-refractivity contribution is -0.269. The molecule has 2 aliphatic heterocycles. The van der Waals surface area contributed by atoms with E-state index in [4.69, 9.17) is 14.2 Å². The van der Waals surface area contributed by atoms with Crippen molar-refractivity contribution in [1.82, 2.24) is 0 Å². The fourth-order valence-corrected chi connectivity index (χ4v) is 4.03. The van der Waals surface area contributed by atoms with Crippen LogP contribution in [0, 0.1) is 35.5 Å². The van der Waals surface area contributed by atoms with Gasteiger partial charge in [-0.3, -0.25) is 0 Å². The first-order valence-electron chi connectivity index (χ1n) is 9.31. The van der Waals surface area contributed by atoms with Gasteiger partial charge >= 0.3 is 0 Å². The minimum atomic E-state index is -0.251. The van der Waals surface area contributed by atoms with Crippen LogP contribution in [0.1, 0.15) is 48.5 Å². The summed E-state index contributed by atoms with van der Waals surface area (Å²) < 4.78 is 18.3. The summed E-state index contributed by atoms with van der Waals surface area (Å²) in [4.78, 5) is 0. The molecular weight excluding hydrogens is 292 g/mol. The van der Waals surface area contributed by atoms with Crippen LogP contribution in [0.5, 0.6) is 0 Å². The van der Waals surface area contributed by atoms with E-state index < -0.39 is 0 Å². The molecule has 1 N–H and O–H groups in total. The van der Waals surface area contributed by atoms with Crippen LogP contribution < -0.4 is 0 Å². The Morgan fingerprint density at radius 1 is 0.696 bits per heavy atom. The van der Waals surface area contributed by atoms with E-state index in [0.29, 0.717) is 42.1 Å². The van der Waals surface area contributed by atoms with Crippen LogP contribution in [0.3, 0.4) is 0 Å². The van der Waals surface area contributed by atoms with Gasteiger partial charge in [0.1, 0.15) is 0 Å². The van der Waals surface area contributed by atoms with Crippen LogP contribution in [0.25, 0.3) is 0 Å². The normalized spacial score (nSPS) is 51.7. The summed E-state index contributed by atoms with van der Waals surface area (Å²) >= 11 is 0. The van der Waals surface area contributed by atoms with Crippen molar-refractivity contribution in [3.8, 4) is 0 Å². The van der Waals surface area contributed by atoms with E-state index in [1.807, 2.05) is 0 Å². The fourth-order valence-electron chi connectivity index (χ4n) is 4.03. The van der Waals surface area contributed by atoms with Crippen LogP contribution >= 0.6 is 0 Å². The van der Waals surface area contributed by atoms with Crippen molar-refractivity contribution in [1.29, 1.82) is 0 Å². The first kappa shape index (κ1) is 19.2. The van der Waals surface area contributed by atoms with Gasteiger partial charge in [0.25, 0.3) is 0 Å². The molecule has 0 aromatic heterocycles. The fraction of sp³-hybridized carbons (Fsp3) is 1.00. The number of hydrogen-bond acceptors (Lipinski definition) is 4. The minimum Gasteiger partial charge on any atom is -0.394 e. The Bertz CT molecular complexity index is 372. The maximum Gasteiger partial charge on any atom is 0.160 e. The molecule has 2 saturated heterocycles. The maximum absolute atomic E-state index is 9.54. The minimum absolute atomic E-state index is 0.0556. The molecule has 0 saturated carbocycles. The molecule has 2 unspecified atom stereocenters. The van der Waals surface area contributed by atoms with E-state index in [0.717, 1.165) is 0 Å². The van der Waals surface area contributed by atoms with Gasteiger partial charge in [-0.05, 0) is 36.5 Å². The zero-order valence-corrected chi connectivity index (χ0v) is 15.9. The van der Waals surface area contributed by atoms with E-state index >= 15 is 0 Å². The standard InChI is InChI=1S/C19H36O4/c1-10-12(3)16(7)22-18(14(10)5)9-21-19-15(6)11(2)13(4)17(8-20)23-19/h10-20H,8-9H2,1-7H3/t10-,11+,12-,13+,14+,15-,16+,17?,18?,19-/m1/s1. The third-order valence-electron chi connectivity index (χ3n) is 6.96. The average molecular weight is 328 g/mol. The molecule has 4 nitrogen and oxygen atoms in total. The maximum atomic E-state index is 9.54. The lowest BCUT2D eigenvalue weighted by atomic mass is 9.77. The van der Waals surface area contributed by atoms with Crippen molar-refractivity contribution in [2.45, 2.75) is 73.1 Å². The average Bonchev–Trinajstić information content (AvgIpc) is 2.54. The van der Waals surface area contributed by atoms with Crippen LogP contribution in [-0.2, 0) is 14.2 Å². The van der Waals surface area contributed by atoms with E-state index in [-0.39, 0.29) is 31.2 Å². The monoisotopic (exact) mass is 328 g/mol. The van der Waals surface area contributed by atoms with Crippen LogP contribution in [0.15, 0.2) is 0 Å². The van der Waals surface area contributed by atoms with Gasteiger partial charge in [-0.25, -0.2) is 0 Å². The van der Waals surface area contributed by atoms with Crippen molar-refractivity contribution >= 4 is 0 Å². The van der Waals surface area contributed by atoms with Crippen LogP contribution in [0.4, 0.5) is 0 Å². The zero-order chi connectivity index (χ0) is 17.3. The highest BCUT2D eigenvalue weighted by atomic mass is 16.7. The molecule has 0 amide bonds. The van der Waals surface area contributed by atoms with Crippen molar-refractivity contribution in [2.75, 3.05) is 13.2 Å². The molecule has 2 aliphatic rings. The summed E-state index contributed by atoms with van der Waals surface area (Å²) in [5.41, 5.74) is 0. The predicted octanol–water partition coefficient (Wildman–Crippen LogP) is 3.32. The van der Waals surface area contributed by atoms with Gasteiger partial charge < -0.3 is 19.3 Å². The number of rotatable bonds is 4. The van der Waals surface area contributed by atoms with Gasteiger partial charge in [0, 0.05) is 5.92 Å². The van der Waals surface area contributed by atoms with Gasteiger partial charge in [0.15, 0.2) is 6.29 Å². The highest BCUT2D eigenvalue weighted by molar-refractivity contribution is 4.86. The molecule has 0 bridgehead atoms. The van der Waals surface area contributed by atoms with Crippen molar-refractivity contribution in [3.05, 3.63) is 0 Å². The molecule has 2 fully saturated rings. The molecule has 0 spiro atoms. The summed E-state index contributed by atoms with van der Waals surface area (Å²) in [6, 6.07) is 0. The Labute approximate surface area is 141 Å². The number of ether oxygens (including phenoxy) is 3. The second-order valence-corrected chi connectivity index (χ2v) is 8.09. The van der Waals surface area contributed by atoms with Crippen LogP contribution in [0.2, 0.25) is 0 Å². The third-order valence-corrected chi connectivity index (χ3v) is 6.96. The topological polar surface area (TPSA) is 47.9 Å². The first-order chi connectivity index (χ1) is 10.8. The summed E-state index contributed by atoms with van der Waals surface area (Å²) in [6.45, 7) is 16.2. The largest absolute Gasteiger partial charge is 0.394 e. The van der Waals surface area contributed by atoms with Crippen LogP contribution in [-0.4, -0.2) is 42.9 Å². The predicted molar refractivity (Wildman–Crippen MR) is 91.0 cm³/mol. The van der Waals surface area contributed by atoms with E-state index in [2.05, 4.69) is 48.5 Å². The summed E-state index contributed by atoms with van der Waals surface area (Å²) in [5, 5.41) is 9.54. The van der Waals surface area contributed by atoms with Gasteiger partial charge in [0.05, 0.1) is 31.5 Å². The number of hydrogen-bond donors (Lipinski definition) is 1. The van der Waals surface area contributed by atoms with Gasteiger partial charge in [-0.2, -0.15) is 0 Å². The van der Waals surface area contributed by atoms with Crippen molar-refractivity contribution < 1.29 is 19.3 Å². The molecule has 2 heterocycles. The Morgan fingerprint density at radius 3 is 1.87 bits per heavy atom. The Kier molecular flexibility index (Phi) is 6.51. The quantitative estimate of drug-likeness (QED) is 0.860. The summed E-state index contributed by atoms with van der Waals surface area (Å²) in [5.74, 6) is 2.81. The number of aliphatic hydroxyl groups excluding tert-OH is 1. The molecule has 0 aliphatic carbocycles. The highest BCUT2D eigenvalue weighted by Crippen LogP contribution is 2.37. The molecular formula is C19H36O4. The lowest BCUT2D eigenvalue weighted by Gasteiger charge is -2.45. The van der Waals surface area contributed by atoms with Crippen molar-refractivity contribution in [3.63, 3.8) is 0 Å². The third kappa shape index (κ3) is 3.92. The number of aliphatic hydroxyl groups is 1. The lowest BCUT2D eigenvalue weighted by Crippen LogP contribution is -2.50. The molecule has 10 atom stereocenters. The van der Waals surface area contributed by atoms with Gasteiger partial charge in [0.2, 0.25) is 0 Å². The van der Waals surface area contributed by atoms with Gasteiger partial charge in [-0.15, -0.1) is 0 Å². The Morgan fingerprint density at radius 2 is 1.26 bits per heavy atom. The van der Waals surface area contributed by atoms with Gasteiger partial charge in [-0.1, -0.05) is 41.5 Å². The molecule has 4 heteroatoms. The SMILES string of the molecule is C[C@@H]1[C@@H](C)[C@H](C)C(CO[C@@H]2OC(CO)[C@@H](C)[C@H](C)[C@H]2C)O[C@H]1C. The van der Waals surface area contributed by atoms with E-state index in [9.17, 15) is 5.11 Å². The Balaban J connectivity index is 1.94. The molecule has 2 rings (SSSR count). The van der Waals surface area contributed by atoms with E-state index in [1.54, 1.807) is 0 Å². The second kappa shape index (κ2) is 7.81. The smallest absolute Gasteiger partial charge is 0.160 e. The van der Waals surface area contributed by atoms with E-state index in [1.165, 1.54) is 0 Å². The second-order valence-electron chi connectivity index (χ2n) is 8.09. The van der Waals surface area contributed by atoms with Crippen molar-refractivity contribution in [2.24, 2.45) is 35.5 Å². The first-order valence-corrected chi connectivity index (χ1v) is 9.31. The highest BCUT2D eigenvalue weighted by Gasteiger charge is 2.41. The molecule has 0 aromatic carbocycles. The molecule has 136 valence electrons. The Hall–Kier alpha value is -0.160. The summed E-state index contributed by atoms with van der Waals surface area (Å²) in [7, 11) is 0. The zero-order valence-electron chi connectivity index (χ0n) is 15.9. The molecule has 0 aromatic rings. The molecule has 23 heavy (non-hydrogen) atoms. The summed E-state index contributed by atoms with van der Waals surface area (Å²) in [6.07, 6.45) is 0.00532. The molecule has 0 radical (unpaired) electrons.